The van der Waals surface area contributed by atoms with Crippen LogP contribution < -0.4 is 10.4 Å². The molecule has 2 heterocycles. The zero-order chi connectivity index (χ0) is 28.2. The van der Waals surface area contributed by atoms with Crippen molar-refractivity contribution in [3.63, 3.8) is 0 Å². The van der Waals surface area contributed by atoms with Crippen LogP contribution in [-0.4, -0.2) is 54.2 Å². The maximum Gasteiger partial charge on any atom is 0.329 e. The highest BCUT2D eigenvalue weighted by molar-refractivity contribution is 14.1. The van der Waals surface area contributed by atoms with Crippen LogP contribution in [0.4, 0.5) is 0 Å². The van der Waals surface area contributed by atoms with E-state index in [1.807, 2.05) is 48.5 Å². The molecule has 2 aromatic heterocycles. The molecule has 0 fully saturated rings. The minimum Gasteiger partial charge on any atom is -0.493 e. The fourth-order valence-corrected chi connectivity index (χ4v) is 5.35. The number of hydrogen-bond donors (Lipinski definition) is 5. The Labute approximate surface area is 248 Å². The van der Waals surface area contributed by atoms with Crippen molar-refractivity contribution in [1.82, 2.24) is 19.5 Å². The summed E-state index contributed by atoms with van der Waals surface area (Å²) in [6, 6.07) is 21.4. The number of imidazole rings is 2. The van der Waals surface area contributed by atoms with Crippen LogP contribution in [0.3, 0.4) is 0 Å². The van der Waals surface area contributed by atoms with E-state index in [4.69, 9.17) is 21.4 Å². The Morgan fingerprint density at radius 1 is 1.05 bits per heavy atom. The number of ether oxygens (including phenoxy) is 1. The summed E-state index contributed by atoms with van der Waals surface area (Å²) in [6.45, 7) is -0.464. The second kappa shape index (κ2) is 12.3. The maximum absolute atomic E-state index is 13.3. The predicted octanol–water partition coefficient (Wildman–Crippen LogP) is 4.76. The molecule has 0 unspecified atom stereocenters. The molecule has 0 saturated carbocycles. The van der Waals surface area contributed by atoms with Crippen LogP contribution in [-0.2, 0) is 6.42 Å². The number of nitrogens with zero attached hydrogens (tertiary/aromatic N) is 2. The highest BCUT2D eigenvalue weighted by Gasteiger charge is 2.26. The van der Waals surface area contributed by atoms with Crippen LogP contribution in [0.1, 0.15) is 17.4 Å². The van der Waals surface area contributed by atoms with Crippen molar-refractivity contribution < 1.29 is 20.1 Å². The first-order valence-electron chi connectivity index (χ1n) is 12.4. The van der Waals surface area contributed by atoms with E-state index in [9.17, 15) is 15.0 Å². The summed E-state index contributed by atoms with van der Waals surface area (Å²) in [5.41, 5.74) is 2.74. The number of aliphatic hydroxyl groups is 2. The molecule has 0 radical (unpaired) electrons. The fraction of sp³-hybridized carbons (Fsp3) is 0.172. The van der Waals surface area contributed by atoms with Gasteiger partial charge >= 0.3 is 5.69 Å². The molecule has 40 heavy (non-hydrogen) atoms. The molecule has 0 bridgehead atoms. The molecule has 0 aliphatic heterocycles. The summed E-state index contributed by atoms with van der Waals surface area (Å²) >= 11 is 8.69. The minimum atomic E-state index is -0.987. The summed E-state index contributed by atoms with van der Waals surface area (Å²) in [5, 5.41) is 30.4. The van der Waals surface area contributed by atoms with E-state index in [0.717, 1.165) is 14.7 Å². The van der Waals surface area contributed by atoms with Gasteiger partial charge in [0.05, 0.1) is 23.5 Å². The van der Waals surface area contributed by atoms with Crippen molar-refractivity contribution in [2.45, 2.75) is 18.6 Å². The van der Waals surface area contributed by atoms with Gasteiger partial charge in [0.15, 0.2) is 0 Å². The summed E-state index contributed by atoms with van der Waals surface area (Å²) in [6.07, 6.45) is 1.07. The van der Waals surface area contributed by atoms with Gasteiger partial charge in [-0.1, -0.05) is 48.0 Å². The molecule has 0 amide bonds. The van der Waals surface area contributed by atoms with Crippen LogP contribution in [0, 0.1) is 3.57 Å². The molecule has 5 rings (SSSR count). The Balaban J connectivity index is 1.51. The normalized spacial score (nSPS) is 12.8. The lowest BCUT2D eigenvalue weighted by Crippen LogP contribution is -2.25. The van der Waals surface area contributed by atoms with Gasteiger partial charge in [0.1, 0.15) is 36.0 Å². The predicted molar refractivity (Wildman–Crippen MR) is 161 cm³/mol. The standard InChI is InChI=1S/C29H26ClIN4O5/c30-23-13-19(31)8-11-22(23)24-14-32-27(33-24)25(12-17-4-2-1-3-5-17)35-28(38)26(34-29(35)39)18-6-9-21(10-7-18)40-16-20(37)15-36/h1-11,13-14,20,25,36-38H,12,15-16H2,(H,32,33)(H,34,39)/t20-,25-/m1/s1. The first-order valence-corrected chi connectivity index (χ1v) is 13.9. The topological polar surface area (TPSA) is 136 Å². The number of halogens is 2. The van der Waals surface area contributed by atoms with Crippen LogP contribution in [0.5, 0.6) is 11.6 Å². The van der Waals surface area contributed by atoms with E-state index in [-0.39, 0.29) is 18.2 Å². The highest BCUT2D eigenvalue weighted by Crippen LogP contribution is 2.34. The molecule has 0 spiro atoms. The fourth-order valence-electron chi connectivity index (χ4n) is 4.39. The summed E-state index contributed by atoms with van der Waals surface area (Å²) in [4.78, 5) is 24.0. The monoisotopic (exact) mass is 672 g/mol. The van der Waals surface area contributed by atoms with Crippen LogP contribution in [0.15, 0.2) is 83.8 Å². The van der Waals surface area contributed by atoms with E-state index in [1.54, 1.807) is 30.5 Å². The molecule has 2 atom stereocenters. The van der Waals surface area contributed by atoms with E-state index in [0.29, 0.717) is 34.3 Å². The van der Waals surface area contributed by atoms with Crippen molar-refractivity contribution in [3.8, 4) is 34.1 Å². The molecule has 0 aliphatic rings. The van der Waals surface area contributed by atoms with Crippen molar-refractivity contribution in [2.75, 3.05) is 13.2 Å². The molecular weight excluding hydrogens is 647 g/mol. The quantitative estimate of drug-likeness (QED) is 0.136. The van der Waals surface area contributed by atoms with Crippen LogP contribution >= 0.6 is 34.2 Å². The van der Waals surface area contributed by atoms with E-state index in [2.05, 4.69) is 37.5 Å². The van der Waals surface area contributed by atoms with Crippen molar-refractivity contribution in [2.24, 2.45) is 0 Å². The number of aromatic nitrogens is 4. The summed E-state index contributed by atoms with van der Waals surface area (Å²) in [5.74, 6) is 0.722. The molecule has 0 aliphatic carbocycles. The van der Waals surface area contributed by atoms with Crippen molar-refractivity contribution in [3.05, 3.63) is 109 Å². The summed E-state index contributed by atoms with van der Waals surface area (Å²) < 4.78 is 7.75. The Morgan fingerprint density at radius 3 is 2.50 bits per heavy atom. The molecule has 3 aromatic carbocycles. The molecule has 11 heteroatoms. The van der Waals surface area contributed by atoms with Gasteiger partial charge in [0, 0.05) is 21.1 Å². The third-order valence-electron chi connectivity index (χ3n) is 6.41. The molecule has 206 valence electrons. The zero-order valence-corrected chi connectivity index (χ0v) is 24.0. The van der Waals surface area contributed by atoms with Gasteiger partial charge < -0.3 is 30.0 Å². The molecular formula is C29H26ClIN4O5. The van der Waals surface area contributed by atoms with E-state index >= 15 is 0 Å². The highest BCUT2D eigenvalue weighted by atomic mass is 127. The summed E-state index contributed by atoms with van der Waals surface area (Å²) in [7, 11) is 0. The van der Waals surface area contributed by atoms with Gasteiger partial charge in [0.25, 0.3) is 0 Å². The van der Waals surface area contributed by atoms with Crippen LogP contribution in [0.25, 0.3) is 22.5 Å². The number of benzene rings is 3. The third kappa shape index (κ3) is 6.09. The van der Waals surface area contributed by atoms with Crippen molar-refractivity contribution in [1.29, 1.82) is 0 Å². The number of H-pyrrole nitrogens is 2. The smallest absolute Gasteiger partial charge is 0.329 e. The van der Waals surface area contributed by atoms with Gasteiger partial charge in [-0.2, -0.15) is 0 Å². The Hall–Kier alpha value is -3.58. The molecule has 9 nitrogen and oxygen atoms in total. The maximum atomic E-state index is 13.3. The van der Waals surface area contributed by atoms with E-state index in [1.165, 1.54) is 4.57 Å². The first kappa shape index (κ1) is 28.0. The van der Waals surface area contributed by atoms with Gasteiger partial charge in [-0.25, -0.2) is 9.78 Å². The largest absolute Gasteiger partial charge is 0.493 e. The SMILES string of the molecule is O=c1[nH]c(-c2ccc(OC[C@H](O)CO)cc2)c(O)n1[C@H](Cc1ccccc1)c1ncc(-c2ccc(I)cc2Cl)[nH]1. The lowest BCUT2D eigenvalue weighted by Gasteiger charge is -2.17. The molecule has 5 aromatic rings. The second-order valence-corrected chi connectivity index (χ2v) is 10.8. The first-order chi connectivity index (χ1) is 19.3. The van der Waals surface area contributed by atoms with Gasteiger partial charge in [0.2, 0.25) is 5.88 Å². The third-order valence-corrected chi connectivity index (χ3v) is 7.40. The zero-order valence-electron chi connectivity index (χ0n) is 21.1. The average Bonchev–Trinajstić information content (AvgIpc) is 3.55. The van der Waals surface area contributed by atoms with Gasteiger partial charge in [-0.05, 0) is 64.6 Å². The number of hydrogen-bond acceptors (Lipinski definition) is 6. The number of aromatic amines is 2. The van der Waals surface area contributed by atoms with Gasteiger partial charge in [-0.15, -0.1) is 0 Å². The van der Waals surface area contributed by atoms with Crippen molar-refractivity contribution >= 4 is 34.2 Å². The number of rotatable bonds is 10. The Morgan fingerprint density at radius 2 is 1.80 bits per heavy atom. The lowest BCUT2D eigenvalue weighted by molar-refractivity contribution is 0.0536. The number of nitrogens with one attached hydrogen (secondary N) is 2. The molecule has 5 N–H and O–H groups in total. The van der Waals surface area contributed by atoms with Crippen LogP contribution in [0.2, 0.25) is 5.02 Å². The Bertz CT molecular complexity index is 1650. The lowest BCUT2D eigenvalue weighted by atomic mass is 10.0. The second-order valence-electron chi connectivity index (χ2n) is 9.18. The minimum absolute atomic E-state index is 0.0615. The Kier molecular flexibility index (Phi) is 8.60. The number of aromatic hydroxyl groups is 1. The average molecular weight is 673 g/mol. The van der Waals surface area contributed by atoms with Gasteiger partial charge in [-0.3, -0.25) is 4.57 Å². The molecule has 0 saturated heterocycles. The number of aliphatic hydroxyl groups excluding tert-OH is 2. The van der Waals surface area contributed by atoms with E-state index < -0.39 is 24.4 Å².